The molecule has 3 rings (SSSR count). The summed E-state index contributed by atoms with van der Waals surface area (Å²) in [6.45, 7) is 4.28. The van der Waals surface area contributed by atoms with Crippen molar-refractivity contribution >= 4 is 5.91 Å². The molecule has 0 aromatic heterocycles. The van der Waals surface area contributed by atoms with Crippen molar-refractivity contribution in [1.82, 2.24) is 5.32 Å². The highest BCUT2D eigenvalue weighted by molar-refractivity contribution is 5.89. The second kappa shape index (κ2) is 7.52. The van der Waals surface area contributed by atoms with Crippen LogP contribution < -0.4 is 10.1 Å². The van der Waals surface area contributed by atoms with E-state index >= 15 is 0 Å². The number of carbonyl (C=O) groups is 1. The van der Waals surface area contributed by atoms with Crippen LogP contribution in [0, 0.1) is 0 Å². The summed E-state index contributed by atoms with van der Waals surface area (Å²) in [6.07, 6.45) is 4.58. The zero-order chi connectivity index (χ0) is 16.9. The number of benzene rings is 2. The Hall–Kier alpha value is -2.29. The monoisotopic (exact) mass is 323 g/mol. The van der Waals surface area contributed by atoms with Crippen molar-refractivity contribution in [1.29, 1.82) is 0 Å². The second-order valence-electron chi connectivity index (χ2n) is 6.52. The molecule has 1 aliphatic heterocycles. The number of hydrogen-bond acceptors (Lipinski definition) is 2. The number of hydrogen-bond donors (Lipinski definition) is 1. The van der Waals surface area contributed by atoms with Crippen molar-refractivity contribution in [2.75, 3.05) is 0 Å². The van der Waals surface area contributed by atoms with Crippen molar-refractivity contribution in [3.8, 4) is 11.5 Å². The molecule has 0 fully saturated rings. The molecular weight excluding hydrogens is 298 g/mol. The summed E-state index contributed by atoms with van der Waals surface area (Å²) in [4.78, 5) is 13.0. The Kier molecular flexibility index (Phi) is 5.19. The van der Waals surface area contributed by atoms with Gasteiger partial charge in [-0.3, -0.25) is 4.79 Å². The lowest BCUT2D eigenvalue weighted by Gasteiger charge is -2.28. The standard InChI is InChI=1S/C21H25NO2/c1-3-4-5-10-15(2)22-21(23)20-16-11-6-8-13-18(16)24-19-14-9-7-12-17(19)20/h6-9,11-15,20H,3-5,10H2,1-2H3,(H,22,23)/t15-/m0/s1. The van der Waals surface area contributed by atoms with Gasteiger partial charge in [0.25, 0.3) is 0 Å². The van der Waals surface area contributed by atoms with Gasteiger partial charge in [0.2, 0.25) is 5.91 Å². The van der Waals surface area contributed by atoms with E-state index in [1.54, 1.807) is 0 Å². The lowest BCUT2D eigenvalue weighted by molar-refractivity contribution is -0.122. The Morgan fingerprint density at radius 2 is 1.62 bits per heavy atom. The summed E-state index contributed by atoms with van der Waals surface area (Å²) in [5.74, 6) is 1.30. The zero-order valence-electron chi connectivity index (χ0n) is 14.4. The minimum absolute atomic E-state index is 0.0576. The molecule has 2 aromatic rings. The van der Waals surface area contributed by atoms with E-state index in [4.69, 9.17) is 4.74 Å². The molecule has 2 aromatic carbocycles. The van der Waals surface area contributed by atoms with E-state index in [1.807, 2.05) is 48.5 Å². The number of nitrogens with one attached hydrogen (secondary N) is 1. The summed E-state index contributed by atoms with van der Waals surface area (Å²) >= 11 is 0. The Balaban J connectivity index is 1.83. The number of rotatable bonds is 6. The molecule has 24 heavy (non-hydrogen) atoms. The fourth-order valence-corrected chi connectivity index (χ4v) is 3.29. The highest BCUT2D eigenvalue weighted by Crippen LogP contribution is 2.43. The number of para-hydroxylation sites is 2. The van der Waals surface area contributed by atoms with Crippen LogP contribution in [0.4, 0.5) is 0 Å². The average Bonchev–Trinajstić information content (AvgIpc) is 2.59. The quantitative estimate of drug-likeness (QED) is 0.759. The maximum Gasteiger partial charge on any atom is 0.232 e. The molecule has 0 saturated carbocycles. The van der Waals surface area contributed by atoms with Crippen LogP contribution in [-0.2, 0) is 4.79 Å². The second-order valence-corrected chi connectivity index (χ2v) is 6.52. The fraction of sp³-hybridized carbons (Fsp3) is 0.381. The van der Waals surface area contributed by atoms with E-state index in [2.05, 4.69) is 19.2 Å². The minimum Gasteiger partial charge on any atom is -0.457 e. The predicted molar refractivity (Wildman–Crippen MR) is 96.5 cm³/mol. The van der Waals surface area contributed by atoms with E-state index in [0.717, 1.165) is 35.5 Å². The van der Waals surface area contributed by atoms with Gasteiger partial charge in [-0.1, -0.05) is 62.6 Å². The van der Waals surface area contributed by atoms with Gasteiger partial charge in [-0.2, -0.15) is 0 Å². The van der Waals surface area contributed by atoms with Crippen molar-refractivity contribution in [2.24, 2.45) is 0 Å². The predicted octanol–water partition coefficient (Wildman–Crippen LogP) is 5.01. The van der Waals surface area contributed by atoms with Crippen LogP contribution in [0.1, 0.15) is 56.6 Å². The third-order valence-corrected chi connectivity index (χ3v) is 4.57. The lowest BCUT2D eigenvalue weighted by atomic mass is 9.87. The molecule has 3 nitrogen and oxygen atoms in total. The van der Waals surface area contributed by atoms with E-state index in [9.17, 15) is 4.79 Å². The summed E-state index contributed by atoms with van der Waals surface area (Å²) in [6, 6.07) is 15.8. The maximum absolute atomic E-state index is 13.0. The third kappa shape index (κ3) is 3.45. The first-order valence-corrected chi connectivity index (χ1v) is 8.86. The van der Waals surface area contributed by atoms with Crippen molar-refractivity contribution in [3.63, 3.8) is 0 Å². The van der Waals surface area contributed by atoms with Gasteiger partial charge in [0.05, 0.1) is 5.92 Å². The van der Waals surface area contributed by atoms with Gasteiger partial charge < -0.3 is 10.1 Å². The number of amides is 1. The Morgan fingerprint density at radius 3 is 2.21 bits per heavy atom. The minimum atomic E-state index is -0.306. The molecule has 1 atom stereocenters. The van der Waals surface area contributed by atoms with Gasteiger partial charge in [0.15, 0.2) is 0 Å². The van der Waals surface area contributed by atoms with Crippen LogP contribution in [0.15, 0.2) is 48.5 Å². The molecule has 3 heteroatoms. The van der Waals surface area contributed by atoms with Gasteiger partial charge in [0.1, 0.15) is 11.5 Å². The molecule has 0 bridgehead atoms. The topological polar surface area (TPSA) is 38.3 Å². The third-order valence-electron chi connectivity index (χ3n) is 4.57. The van der Waals surface area contributed by atoms with Crippen LogP contribution >= 0.6 is 0 Å². The smallest absolute Gasteiger partial charge is 0.232 e. The summed E-state index contributed by atoms with van der Waals surface area (Å²) < 4.78 is 5.96. The number of unbranched alkanes of at least 4 members (excludes halogenated alkanes) is 2. The first-order chi connectivity index (χ1) is 11.7. The van der Waals surface area contributed by atoms with E-state index < -0.39 is 0 Å². The normalized spacial score (nSPS) is 14.2. The van der Waals surface area contributed by atoms with Crippen LogP contribution in [-0.4, -0.2) is 11.9 Å². The molecule has 1 amide bonds. The van der Waals surface area contributed by atoms with E-state index in [-0.39, 0.29) is 17.9 Å². The molecule has 1 N–H and O–H groups in total. The SMILES string of the molecule is CCCCC[C@H](C)NC(=O)C1c2ccccc2Oc2ccccc21. The fourth-order valence-electron chi connectivity index (χ4n) is 3.29. The molecule has 1 aliphatic rings. The molecule has 1 heterocycles. The van der Waals surface area contributed by atoms with Gasteiger partial charge >= 0.3 is 0 Å². The van der Waals surface area contributed by atoms with Crippen molar-refractivity contribution < 1.29 is 9.53 Å². The summed E-state index contributed by atoms with van der Waals surface area (Å²) in [7, 11) is 0. The van der Waals surface area contributed by atoms with Gasteiger partial charge in [-0.25, -0.2) is 0 Å². The van der Waals surface area contributed by atoms with Crippen molar-refractivity contribution in [2.45, 2.75) is 51.5 Å². The molecular formula is C21H25NO2. The van der Waals surface area contributed by atoms with Crippen molar-refractivity contribution in [3.05, 3.63) is 59.7 Å². The lowest BCUT2D eigenvalue weighted by Crippen LogP contribution is -2.37. The molecule has 126 valence electrons. The zero-order valence-corrected chi connectivity index (χ0v) is 14.4. The van der Waals surface area contributed by atoms with Crippen LogP contribution in [0.3, 0.4) is 0 Å². The van der Waals surface area contributed by atoms with Crippen LogP contribution in [0.2, 0.25) is 0 Å². The van der Waals surface area contributed by atoms with Crippen LogP contribution in [0.25, 0.3) is 0 Å². The molecule has 0 unspecified atom stereocenters. The number of fused-ring (bicyclic) bond motifs is 2. The Morgan fingerprint density at radius 1 is 1.04 bits per heavy atom. The number of ether oxygens (including phenoxy) is 1. The highest BCUT2D eigenvalue weighted by Gasteiger charge is 2.32. The molecule has 0 radical (unpaired) electrons. The Bertz CT molecular complexity index is 665. The summed E-state index contributed by atoms with van der Waals surface area (Å²) in [5.41, 5.74) is 1.88. The van der Waals surface area contributed by atoms with E-state index in [0.29, 0.717) is 0 Å². The first-order valence-electron chi connectivity index (χ1n) is 8.86. The maximum atomic E-state index is 13.0. The molecule has 0 aliphatic carbocycles. The van der Waals surface area contributed by atoms with Crippen LogP contribution in [0.5, 0.6) is 11.5 Å². The van der Waals surface area contributed by atoms with Gasteiger partial charge in [0, 0.05) is 17.2 Å². The van der Waals surface area contributed by atoms with Gasteiger partial charge in [-0.15, -0.1) is 0 Å². The highest BCUT2D eigenvalue weighted by atomic mass is 16.5. The first kappa shape index (κ1) is 16.6. The molecule has 0 spiro atoms. The van der Waals surface area contributed by atoms with Gasteiger partial charge in [-0.05, 0) is 25.5 Å². The number of carbonyl (C=O) groups excluding carboxylic acids is 1. The molecule has 0 saturated heterocycles. The van der Waals surface area contributed by atoms with E-state index in [1.165, 1.54) is 12.8 Å². The largest absolute Gasteiger partial charge is 0.457 e. The average molecular weight is 323 g/mol. The summed E-state index contributed by atoms with van der Waals surface area (Å²) in [5, 5.41) is 3.20. The Labute approximate surface area is 144 Å².